The van der Waals surface area contributed by atoms with Gasteiger partial charge < -0.3 is 10.8 Å². The Balaban J connectivity index is 1.91. The van der Waals surface area contributed by atoms with Crippen molar-refractivity contribution in [1.29, 1.82) is 0 Å². The Morgan fingerprint density at radius 3 is 2.58 bits per heavy atom. The molecule has 2 aromatic carbocycles. The minimum Gasteiger partial charge on any atom is -0.481 e. The second-order valence-electron chi connectivity index (χ2n) is 6.08. The zero-order chi connectivity index (χ0) is 18.7. The Hall–Kier alpha value is -3.22. The van der Waals surface area contributed by atoms with Crippen LogP contribution in [-0.4, -0.2) is 27.7 Å². The van der Waals surface area contributed by atoms with Gasteiger partial charge in [-0.25, -0.2) is 9.40 Å². The minimum atomic E-state index is -1.05. The van der Waals surface area contributed by atoms with E-state index >= 15 is 0 Å². The lowest BCUT2D eigenvalue weighted by Gasteiger charge is -2.21. The van der Waals surface area contributed by atoms with Crippen LogP contribution >= 0.6 is 0 Å². The average molecular weight is 355 g/mol. The summed E-state index contributed by atoms with van der Waals surface area (Å²) >= 11 is 0. The van der Waals surface area contributed by atoms with E-state index in [0.29, 0.717) is 23.4 Å². The normalized spacial score (nSPS) is 16.4. The quantitative estimate of drug-likeness (QED) is 0.806. The van der Waals surface area contributed by atoms with Crippen molar-refractivity contribution in [3.05, 3.63) is 65.5 Å². The summed E-state index contributed by atoms with van der Waals surface area (Å²) in [7, 11) is 0. The van der Waals surface area contributed by atoms with Crippen LogP contribution in [-0.2, 0) is 9.59 Å². The van der Waals surface area contributed by atoms with Gasteiger partial charge in [0, 0.05) is 18.5 Å². The van der Waals surface area contributed by atoms with Gasteiger partial charge in [-0.05, 0) is 35.4 Å². The number of hydrazone groups is 1. The lowest BCUT2D eigenvalue weighted by molar-refractivity contribution is -0.141. The van der Waals surface area contributed by atoms with Gasteiger partial charge >= 0.3 is 5.97 Å². The molecule has 0 saturated heterocycles. The van der Waals surface area contributed by atoms with Gasteiger partial charge in [0.2, 0.25) is 5.91 Å². The summed E-state index contributed by atoms with van der Waals surface area (Å²) in [5, 5.41) is 14.5. The number of benzene rings is 2. The summed E-state index contributed by atoms with van der Waals surface area (Å²) in [6.07, 6.45) is -0.0379. The lowest BCUT2D eigenvalue weighted by atomic mass is 9.98. The number of carboxylic acids is 1. The maximum Gasteiger partial charge on any atom is 0.303 e. The Morgan fingerprint density at radius 2 is 1.92 bits per heavy atom. The molecule has 6 nitrogen and oxygen atoms in total. The van der Waals surface area contributed by atoms with Gasteiger partial charge in [0.05, 0.1) is 18.2 Å². The molecule has 7 heteroatoms. The second-order valence-corrected chi connectivity index (χ2v) is 6.08. The van der Waals surface area contributed by atoms with E-state index in [1.165, 1.54) is 17.1 Å². The molecule has 0 radical (unpaired) electrons. The molecule has 1 aliphatic heterocycles. The molecule has 0 saturated carbocycles. The maximum atomic E-state index is 13.6. The monoisotopic (exact) mass is 355 g/mol. The van der Waals surface area contributed by atoms with Crippen LogP contribution in [0.15, 0.2) is 53.6 Å². The van der Waals surface area contributed by atoms with E-state index < -0.39 is 23.7 Å². The van der Waals surface area contributed by atoms with Crippen molar-refractivity contribution in [3.63, 3.8) is 0 Å². The van der Waals surface area contributed by atoms with Crippen molar-refractivity contribution in [2.75, 3.05) is 5.73 Å². The number of rotatable bonds is 5. The standard InChI is InChI=1S/C19H18FN3O3/c20-14-3-1-2-13(10-14)17-11-16(12-4-6-15(21)7-5-12)22-23(17)18(24)8-9-19(25)26/h1-7,10,17H,8-9,11,21H2,(H,25,26). The molecule has 0 fully saturated rings. The molecule has 1 amide bonds. The van der Waals surface area contributed by atoms with Crippen LogP contribution in [0.4, 0.5) is 10.1 Å². The smallest absolute Gasteiger partial charge is 0.303 e. The van der Waals surface area contributed by atoms with E-state index in [1.807, 2.05) is 12.1 Å². The third kappa shape index (κ3) is 3.88. The molecule has 1 heterocycles. The number of anilines is 1. The summed E-state index contributed by atoms with van der Waals surface area (Å²) < 4.78 is 13.6. The number of carbonyl (C=O) groups is 2. The number of carbonyl (C=O) groups excluding carboxylic acids is 1. The molecular weight excluding hydrogens is 337 g/mol. The van der Waals surface area contributed by atoms with Crippen molar-refractivity contribution < 1.29 is 19.1 Å². The van der Waals surface area contributed by atoms with E-state index in [4.69, 9.17) is 10.8 Å². The van der Waals surface area contributed by atoms with Crippen LogP contribution in [0.25, 0.3) is 0 Å². The number of halogens is 1. The van der Waals surface area contributed by atoms with Crippen LogP contribution in [0.3, 0.4) is 0 Å². The maximum absolute atomic E-state index is 13.6. The molecule has 1 aliphatic rings. The molecule has 0 aromatic heterocycles. The summed E-state index contributed by atoms with van der Waals surface area (Å²) in [6, 6.07) is 12.6. The fourth-order valence-corrected chi connectivity index (χ4v) is 2.89. The summed E-state index contributed by atoms with van der Waals surface area (Å²) in [5.74, 6) is -1.86. The zero-order valence-corrected chi connectivity index (χ0v) is 13.9. The van der Waals surface area contributed by atoms with Gasteiger partial charge in [0.25, 0.3) is 0 Å². The fourth-order valence-electron chi connectivity index (χ4n) is 2.89. The molecule has 0 aliphatic carbocycles. The minimum absolute atomic E-state index is 0.167. The van der Waals surface area contributed by atoms with Crippen LogP contribution in [0.5, 0.6) is 0 Å². The number of hydrogen-bond donors (Lipinski definition) is 2. The molecule has 1 unspecified atom stereocenters. The lowest BCUT2D eigenvalue weighted by Crippen LogP contribution is -2.27. The van der Waals surface area contributed by atoms with E-state index in [9.17, 15) is 14.0 Å². The summed E-state index contributed by atoms with van der Waals surface area (Å²) in [6.45, 7) is 0. The number of carboxylic acid groups (broad SMARTS) is 1. The number of nitrogens with two attached hydrogens (primary N) is 1. The first-order chi connectivity index (χ1) is 12.4. The first kappa shape index (κ1) is 17.6. The van der Waals surface area contributed by atoms with Gasteiger partial charge in [-0.3, -0.25) is 9.59 Å². The number of amides is 1. The van der Waals surface area contributed by atoms with Gasteiger partial charge in [0.1, 0.15) is 5.82 Å². The predicted octanol–water partition coefficient (Wildman–Crippen LogP) is 2.95. The van der Waals surface area contributed by atoms with E-state index in [-0.39, 0.29) is 12.8 Å². The van der Waals surface area contributed by atoms with Crippen molar-refractivity contribution in [1.82, 2.24) is 5.01 Å². The highest BCUT2D eigenvalue weighted by atomic mass is 19.1. The first-order valence-electron chi connectivity index (χ1n) is 8.17. The van der Waals surface area contributed by atoms with Gasteiger partial charge in [-0.15, -0.1) is 0 Å². The van der Waals surface area contributed by atoms with E-state index in [1.54, 1.807) is 24.3 Å². The second kappa shape index (κ2) is 7.35. The number of nitrogen functional groups attached to an aromatic ring is 1. The molecule has 26 heavy (non-hydrogen) atoms. The predicted molar refractivity (Wildman–Crippen MR) is 94.9 cm³/mol. The van der Waals surface area contributed by atoms with Gasteiger partial charge in [-0.2, -0.15) is 5.10 Å². The van der Waals surface area contributed by atoms with Gasteiger partial charge in [-0.1, -0.05) is 24.3 Å². The molecule has 3 rings (SSSR count). The first-order valence-corrected chi connectivity index (χ1v) is 8.17. The Bertz CT molecular complexity index is 865. The van der Waals surface area contributed by atoms with Crippen molar-refractivity contribution in [2.45, 2.75) is 25.3 Å². The molecule has 0 bridgehead atoms. The van der Waals surface area contributed by atoms with Gasteiger partial charge in [0.15, 0.2) is 0 Å². The highest BCUT2D eigenvalue weighted by Gasteiger charge is 2.33. The van der Waals surface area contributed by atoms with Crippen molar-refractivity contribution >= 4 is 23.3 Å². The fraction of sp³-hybridized carbons (Fsp3) is 0.211. The number of aliphatic carboxylic acids is 1. The highest BCUT2D eigenvalue weighted by Crippen LogP contribution is 2.33. The summed E-state index contributed by atoms with van der Waals surface area (Å²) in [4.78, 5) is 23.3. The summed E-state index contributed by atoms with van der Waals surface area (Å²) in [5.41, 5.74) is 8.41. The SMILES string of the molecule is Nc1ccc(C2=NN(C(=O)CCC(=O)O)C(c3cccc(F)c3)C2)cc1. The van der Waals surface area contributed by atoms with Crippen LogP contribution in [0.2, 0.25) is 0 Å². The van der Waals surface area contributed by atoms with Crippen LogP contribution in [0.1, 0.15) is 36.4 Å². The molecule has 2 aromatic rings. The number of nitrogens with zero attached hydrogens (tertiary/aromatic N) is 2. The Labute approximate surface area is 149 Å². The van der Waals surface area contributed by atoms with E-state index in [0.717, 1.165) is 5.56 Å². The third-order valence-corrected chi connectivity index (χ3v) is 4.20. The molecule has 134 valence electrons. The molecule has 1 atom stereocenters. The van der Waals surface area contributed by atoms with Crippen molar-refractivity contribution in [3.8, 4) is 0 Å². The zero-order valence-electron chi connectivity index (χ0n) is 13.9. The largest absolute Gasteiger partial charge is 0.481 e. The molecule has 3 N–H and O–H groups in total. The molecular formula is C19H18FN3O3. The average Bonchev–Trinajstić information content (AvgIpc) is 3.05. The van der Waals surface area contributed by atoms with Crippen LogP contribution in [0, 0.1) is 5.82 Å². The van der Waals surface area contributed by atoms with Crippen LogP contribution < -0.4 is 5.73 Å². The highest BCUT2D eigenvalue weighted by molar-refractivity contribution is 6.03. The topological polar surface area (TPSA) is 96.0 Å². The van der Waals surface area contributed by atoms with Crippen molar-refractivity contribution in [2.24, 2.45) is 5.10 Å². The molecule has 0 spiro atoms. The number of hydrogen-bond acceptors (Lipinski definition) is 4. The third-order valence-electron chi connectivity index (χ3n) is 4.20. The Morgan fingerprint density at radius 1 is 1.19 bits per heavy atom. The Kier molecular flexibility index (Phi) is 4.97. The van der Waals surface area contributed by atoms with E-state index in [2.05, 4.69) is 5.10 Å².